The number of pyridine rings is 1. The lowest BCUT2D eigenvalue weighted by Gasteiger charge is -2.14. The smallest absolute Gasteiger partial charge is 0.390 e. The van der Waals surface area contributed by atoms with Crippen LogP contribution in [0.3, 0.4) is 0 Å². The van der Waals surface area contributed by atoms with E-state index in [2.05, 4.69) is 9.72 Å². The molecule has 0 unspecified atom stereocenters. The van der Waals surface area contributed by atoms with E-state index in [-0.39, 0.29) is 5.56 Å². The van der Waals surface area contributed by atoms with Crippen LogP contribution in [0.5, 0.6) is 5.88 Å². The van der Waals surface area contributed by atoms with Crippen LogP contribution in [-0.4, -0.2) is 16.5 Å². The second kappa shape index (κ2) is 5.66. The Bertz CT molecular complexity index is 424. The normalized spacial score (nSPS) is 12.0. The fourth-order valence-corrected chi connectivity index (χ4v) is 1.39. The first kappa shape index (κ1) is 14.9. The molecule has 0 fully saturated rings. The summed E-state index contributed by atoms with van der Waals surface area (Å²) in [5.41, 5.74) is -1.60. The molecule has 0 aliphatic heterocycles. The predicted octanol–water partition coefficient (Wildman–Crippen LogP) is 3.15. The van der Waals surface area contributed by atoms with Gasteiger partial charge < -0.3 is 9.84 Å². The highest BCUT2D eigenvalue weighted by atomic mass is 35.5. The quantitative estimate of drug-likeness (QED) is 0.684. The largest absolute Gasteiger partial charge is 0.574 e. The second-order valence-corrected chi connectivity index (χ2v) is 3.40. The monoisotopic (exact) mass is 291 g/mol. The summed E-state index contributed by atoms with van der Waals surface area (Å²) in [5, 5.41) is 8.79. The molecule has 0 aliphatic rings. The number of hydrogen-bond acceptors (Lipinski definition) is 3. The van der Waals surface area contributed by atoms with E-state index in [1.54, 1.807) is 0 Å². The lowest BCUT2D eigenvalue weighted by atomic mass is 10.1. The van der Waals surface area contributed by atoms with Crippen LogP contribution in [0.15, 0.2) is 6.07 Å². The number of nitrogens with zero attached hydrogens (tertiary/aromatic N) is 1. The Labute approximate surface area is 103 Å². The van der Waals surface area contributed by atoms with Crippen molar-refractivity contribution >= 4 is 11.6 Å². The summed E-state index contributed by atoms with van der Waals surface area (Å²) in [4.78, 5) is 3.21. The van der Waals surface area contributed by atoms with Crippen molar-refractivity contribution in [2.45, 2.75) is 25.3 Å². The maximum Gasteiger partial charge on any atom is 0.574 e. The maximum absolute atomic E-state index is 12.5. The number of ether oxygens (including phenoxy) is 1. The van der Waals surface area contributed by atoms with Crippen LogP contribution in [0.25, 0.3) is 0 Å². The van der Waals surface area contributed by atoms with Crippen molar-refractivity contribution in [3.8, 4) is 5.88 Å². The van der Waals surface area contributed by atoms with Gasteiger partial charge in [-0.3, -0.25) is 0 Å². The Kier molecular flexibility index (Phi) is 4.69. The van der Waals surface area contributed by atoms with Crippen LogP contribution in [0.2, 0.25) is 0 Å². The van der Waals surface area contributed by atoms with Gasteiger partial charge in [0.2, 0.25) is 5.88 Å². The fourth-order valence-electron chi connectivity index (χ4n) is 1.20. The number of alkyl halides is 6. The van der Waals surface area contributed by atoms with Crippen LogP contribution < -0.4 is 4.74 Å². The first-order valence-electron chi connectivity index (χ1n) is 4.52. The van der Waals surface area contributed by atoms with E-state index >= 15 is 0 Å². The summed E-state index contributed by atoms with van der Waals surface area (Å²) in [7, 11) is 0. The van der Waals surface area contributed by atoms with Crippen molar-refractivity contribution in [2.24, 2.45) is 0 Å². The molecular weight excluding hydrogens is 285 g/mol. The van der Waals surface area contributed by atoms with Gasteiger partial charge in [-0.25, -0.2) is 13.8 Å². The Balaban J connectivity index is 3.26. The molecule has 0 saturated heterocycles. The molecule has 9 heteroatoms. The molecule has 1 heterocycles. The lowest BCUT2D eigenvalue weighted by molar-refractivity contribution is -0.276. The summed E-state index contributed by atoms with van der Waals surface area (Å²) in [6.45, 7) is -0.934. The highest BCUT2D eigenvalue weighted by Crippen LogP contribution is 2.31. The van der Waals surface area contributed by atoms with E-state index in [1.807, 2.05) is 0 Å². The van der Waals surface area contributed by atoms with Gasteiger partial charge >= 0.3 is 6.36 Å². The van der Waals surface area contributed by atoms with Gasteiger partial charge in [0.1, 0.15) is 0 Å². The van der Waals surface area contributed by atoms with Gasteiger partial charge in [0.05, 0.1) is 18.2 Å². The average Bonchev–Trinajstić information content (AvgIpc) is 2.25. The highest BCUT2D eigenvalue weighted by molar-refractivity contribution is 6.17. The summed E-state index contributed by atoms with van der Waals surface area (Å²) >= 11 is 5.34. The second-order valence-electron chi connectivity index (χ2n) is 3.13. The fraction of sp³-hybridized carbons (Fsp3) is 0.444. The van der Waals surface area contributed by atoms with Crippen LogP contribution >= 0.6 is 11.6 Å². The highest BCUT2D eigenvalue weighted by Gasteiger charge is 2.33. The SMILES string of the molecule is OCc1nc(OC(F)(F)F)c(CCl)cc1C(F)F. The molecule has 102 valence electrons. The molecule has 1 rings (SSSR count). The molecular formula is C9H7ClF5NO2. The molecule has 0 aromatic carbocycles. The first-order chi connectivity index (χ1) is 8.28. The Morgan fingerprint density at radius 3 is 2.39 bits per heavy atom. The van der Waals surface area contributed by atoms with Crippen molar-refractivity contribution in [2.75, 3.05) is 0 Å². The van der Waals surface area contributed by atoms with Gasteiger partial charge in [0.25, 0.3) is 6.43 Å². The van der Waals surface area contributed by atoms with E-state index in [1.165, 1.54) is 0 Å². The third-order valence-electron chi connectivity index (χ3n) is 1.92. The third-order valence-corrected chi connectivity index (χ3v) is 2.20. The zero-order valence-electron chi connectivity index (χ0n) is 8.64. The minimum absolute atomic E-state index is 0.332. The van der Waals surface area contributed by atoms with Crippen LogP contribution in [-0.2, 0) is 12.5 Å². The number of rotatable bonds is 4. The van der Waals surface area contributed by atoms with Crippen molar-refractivity contribution < 1.29 is 31.8 Å². The molecule has 1 N–H and O–H groups in total. The number of halogens is 6. The Hall–Kier alpha value is -1.15. The molecule has 1 aromatic heterocycles. The maximum atomic E-state index is 12.5. The zero-order chi connectivity index (χ0) is 13.9. The number of aliphatic hydroxyl groups is 1. The zero-order valence-corrected chi connectivity index (χ0v) is 9.40. The number of aliphatic hydroxyl groups excluding tert-OH is 1. The molecule has 0 amide bonds. The molecule has 1 aromatic rings. The van der Waals surface area contributed by atoms with Crippen LogP contribution in [0.1, 0.15) is 23.2 Å². The van der Waals surface area contributed by atoms with Gasteiger partial charge in [-0.2, -0.15) is 0 Å². The lowest BCUT2D eigenvalue weighted by Crippen LogP contribution is -2.19. The molecule has 0 spiro atoms. The Morgan fingerprint density at radius 1 is 1.39 bits per heavy atom. The van der Waals surface area contributed by atoms with Crippen molar-refractivity contribution in [1.29, 1.82) is 0 Å². The minimum atomic E-state index is -5.02. The van der Waals surface area contributed by atoms with Crippen molar-refractivity contribution in [1.82, 2.24) is 4.98 Å². The van der Waals surface area contributed by atoms with Crippen molar-refractivity contribution in [3.05, 3.63) is 22.9 Å². The molecule has 3 nitrogen and oxygen atoms in total. The summed E-state index contributed by atoms with van der Waals surface area (Å²) in [6, 6.07) is 0.733. The molecule has 0 saturated carbocycles. The Morgan fingerprint density at radius 2 is 2.00 bits per heavy atom. The van der Waals surface area contributed by atoms with Gasteiger partial charge in [-0.1, -0.05) is 0 Å². The molecule has 0 aliphatic carbocycles. The topological polar surface area (TPSA) is 42.4 Å². The van der Waals surface area contributed by atoms with Crippen LogP contribution in [0.4, 0.5) is 22.0 Å². The summed E-state index contributed by atoms with van der Waals surface area (Å²) in [5.74, 6) is -1.42. The van der Waals surface area contributed by atoms with E-state index in [0.29, 0.717) is 0 Å². The van der Waals surface area contributed by atoms with E-state index in [4.69, 9.17) is 16.7 Å². The number of hydrogen-bond donors (Lipinski definition) is 1. The summed E-state index contributed by atoms with van der Waals surface area (Å²) in [6.07, 6.45) is -8.01. The van der Waals surface area contributed by atoms with Gasteiger partial charge in [0, 0.05) is 11.1 Å². The van der Waals surface area contributed by atoms with E-state index in [9.17, 15) is 22.0 Å². The average molecular weight is 292 g/mol. The minimum Gasteiger partial charge on any atom is -0.390 e. The predicted molar refractivity (Wildman–Crippen MR) is 51.4 cm³/mol. The first-order valence-corrected chi connectivity index (χ1v) is 5.05. The van der Waals surface area contributed by atoms with Gasteiger partial charge in [-0.15, -0.1) is 24.8 Å². The standard InChI is InChI=1S/C9H7ClF5NO2/c10-2-4-1-5(7(11)12)6(3-17)16-8(4)18-9(13,14)15/h1,7,17H,2-3H2. The van der Waals surface area contributed by atoms with Gasteiger partial charge in [-0.05, 0) is 6.07 Å². The number of aromatic nitrogens is 1. The molecule has 0 bridgehead atoms. The van der Waals surface area contributed by atoms with E-state index < -0.39 is 42.4 Å². The third kappa shape index (κ3) is 3.67. The van der Waals surface area contributed by atoms with Crippen molar-refractivity contribution in [3.63, 3.8) is 0 Å². The molecule has 0 atom stereocenters. The molecule has 0 radical (unpaired) electrons. The van der Waals surface area contributed by atoms with Gasteiger partial charge in [0.15, 0.2) is 0 Å². The molecule has 18 heavy (non-hydrogen) atoms. The van der Waals surface area contributed by atoms with E-state index in [0.717, 1.165) is 6.07 Å². The van der Waals surface area contributed by atoms with Crippen LogP contribution in [0, 0.1) is 0 Å². The summed E-state index contributed by atoms with van der Waals surface area (Å²) < 4.78 is 64.7.